The van der Waals surface area contributed by atoms with Crippen LogP contribution in [0.25, 0.3) is 0 Å². The smallest absolute Gasteiger partial charge is 0.281 e. The maximum atomic E-state index is 12.1. The highest BCUT2D eigenvalue weighted by Gasteiger charge is 2.27. The second kappa shape index (κ2) is 6.68. The van der Waals surface area contributed by atoms with E-state index in [0.29, 0.717) is 19.0 Å². The van der Waals surface area contributed by atoms with Crippen molar-refractivity contribution < 1.29 is 8.42 Å². The van der Waals surface area contributed by atoms with Crippen LogP contribution < -0.4 is 5.32 Å². The molecule has 6 heteroatoms. The lowest BCUT2D eigenvalue weighted by Crippen LogP contribution is -2.43. The second-order valence-corrected chi connectivity index (χ2v) is 7.01. The summed E-state index contributed by atoms with van der Waals surface area (Å²) >= 11 is 0. The van der Waals surface area contributed by atoms with E-state index in [4.69, 9.17) is 0 Å². The van der Waals surface area contributed by atoms with Gasteiger partial charge in [0.1, 0.15) is 0 Å². The Labute approximate surface area is 105 Å². The molecule has 102 valence electrons. The van der Waals surface area contributed by atoms with Gasteiger partial charge in [0.25, 0.3) is 10.2 Å². The zero-order valence-corrected chi connectivity index (χ0v) is 12.0. The molecule has 0 atom stereocenters. The van der Waals surface area contributed by atoms with Crippen molar-refractivity contribution in [2.75, 3.05) is 40.8 Å². The van der Waals surface area contributed by atoms with Crippen LogP contribution in [0, 0.1) is 5.92 Å². The quantitative estimate of drug-likeness (QED) is 0.649. The average Bonchev–Trinajstić information content (AvgIpc) is 2.23. The molecule has 0 aromatic rings. The third kappa shape index (κ3) is 4.21. The summed E-state index contributed by atoms with van der Waals surface area (Å²) in [5.74, 6) is 0.570. The predicted molar refractivity (Wildman–Crippen MR) is 70.1 cm³/mol. The molecule has 0 heterocycles. The number of nitrogens with one attached hydrogen (secondary N) is 1. The van der Waals surface area contributed by atoms with E-state index >= 15 is 0 Å². The molecule has 0 aromatic heterocycles. The largest absolute Gasteiger partial charge is 0.320 e. The highest BCUT2D eigenvalue weighted by atomic mass is 32.2. The summed E-state index contributed by atoms with van der Waals surface area (Å²) in [5, 5.41) is 3.02. The Hall–Kier alpha value is -0.170. The molecule has 0 aromatic carbocycles. The number of nitrogens with zero attached hydrogens (tertiary/aromatic N) is 2. The lowest BCUT2D eigenvalue weighted by molar-refractivity contribution is 0.254. The van der Waals surface area contributed by atoms with E-state index in [2.05, 4.69) is 5.32 Å². The number of hydrogen-bond acceptors (Lipinski definition) is 3. The minimum absolute atomic E-state index is 0.568. The Morgan fingerprint density at radius 2 is 1.88 bits per heavy atom. The molecule has 5 nitrogen and oxygen atoms in total. The minimum atomic E-state index is -3.25. The first kappa shape index (κ1) is 14.9. The molecule has 0 radical (unpaired) electrons. The van der Waals surface area contributed by atoms with Crippen LogP contribution >= 0.6 is 0 Å². The summed E-state index contributed by atoms with van der Waals surface area (Å²) in [4.78, 5) is 0. The van der Waals surface area contributed by atoms with Crippen LogP contribution in [-0.2, 0) is 10.2 Å². The molecule has 1 saturated carbocycles. The highest BCUT2D eigenvalue weighted by molar-refractivity contribution is 7.86. The van der Waals surface area contributed by atoms with E-state index in [0.717, 1.165) is 13.0 Å². The first-order valence-electron chi connectivity index (χ1n) is 6.30. The Bertz CT molecular complexity index is 315. The zero-order chi connectivity index (χ0) is 12.9. The van der Waals surface area contributed by atoms with Crippen molar-refractivity contribution in [3.8, 4) is 0 Å². The lowest BCUT2D eigenvalue weighted by Gasteiger charge is -2.31. The van der Waals surface area contributed by atoms with Crippen LogP contribution in [0.2, 0.25) is 0 Å². The van der Waals surface area contributed by atoms with Crippen LogP contribution in [0.1, 0.15) is 25.7 Å². The molecule has 1 rings (SSSR count). The van der Waals surface area contributed by atoms with Crippen LogP contribution in [0.3, 0.4) is 0 Å². The van der Waals surface area contributed by atoms with E-state index in [1.54, 1.807) is 14.1 Å². The molecular formula is C11H25N3O2S. The Kier molecular flexibility index (Phi) is 5.85. The van der Waals surface area contributed by atoms with Crippen molar-refractivity contribution in [1.29, 1.82) is 0 Å². The van der Waals surface area contributed by atoms with Gasteiger partial charge in [0, 0.05) is 27.2 Å². The van der Waals surface area contributed by atoms with E-state index in [9.17, 15) is 8.42 Å². The number of rotatable bonds is 8. The van der Waals surface area contributed by atoms with Gasteiger partial charge >= 0.3 is 0 Å². The van der Waals surface area contributed by atoms with Gasteiger partial charge in [0.05, 0.1) is 0 Å². The molecular weight excluding hydrogens is 238 g/mol. The molecule has 1 aliphatic carbocycles. The van der Waals surface area contributed by atoms with Gasteiger partial charge in [-0.15, -0.1) is 0 Å². The fourth-order valence-electron chi connectivity index (χ4n) is 1.96. The van der Waals surface area contributed by atoms with Crippen molar-refractivity contribution in [2.45, 2.75) is 25.7 Å². The average molecular weight is 263 g/mol. The molecule has 1 aliphatic rings. The first-order valence-corrected chi connectivity index (χ1v) is 7.70. The van der Waals surface area contributed by atoms with Gasteiger partial charge in [-0.1, -0.05) is 6.42 Å². The van der Waals surface area contributed by atoms with Gasteiger partial charge in [-0.2, -0.15) is 17.0 Å². The van der Waals surface area contributed by atoms with Crippen LogP contribution in [0.4, 0.5) is 0 Å². The topological polar surface area (TPSA) is 52.7 Å². The fraction of sp³-hybridized carbons (Fsp3) is 1.00. The second-order valence-electron chi connectivity index (χ2n) is 4.86. The third-order valence-electron chi connectivity index (χ3n) is 3.43. The molecule has 0 amide bonds. The summed E-state index contributed by atoms with van der Waals surface area (Å²) in [6.07, 6.45) is 4.42. The molecule has 1 fully saturated rings. The Balaban J connectivity index is 2.41. The Morgan fingerprint density at radius 3 is 2.35 bits per heavy atom. The van der Waals surface area contributed by atoms with Crippen molar-refractivity contribution in [3.63, 3.8) is 0 Å². The van der Waals surface area contributed by atoms with Crippen LogP contribution in [-0.4, -0.2) is 57.8 Å². The number of hydrogen-bond donors (Lipinski definition) is 1. The highest BCUT2D eigenvalue weighted by Crippen LogP contribution is 2.27. The molecule has 17 heavy (non-hydrogen) atoms. The van der Waals surface area contributed by atoms with Crippen molar-refractivity contribution in [3.05, 3.63) is 0 Å². The van der Waals surface area contributed by atoms with Gasteiger partial charge in [0.15, 0.2) is 0 Å². The van der Waals surface area contributed by atoms with Gasteiger partial charge in [0.2, 0.25) is 0 Å². The summed E-state index contributed by atoms with van der Waals surface area (Å²) in [5.41, 5.74) is 0. The summed E-state index contributed by atoms with van der Waals surface area (Å²) in [6, 6.07) is 0. The minimum Gasteiger partial charge on any atom is -0.320 e. The van der Waals surface area contributed by atoms with Gasteiger partial charge in [-0.25, -0.2) is 0 Å². The van der Waals surface area contributed by atoms with E-state index in [1.807, 2.05) is 7.05 Å². The predicted octanol–water partition coefficient (Wildman–Crippen LogP) is 0.504. The van der Waals surface area contributed by atoms with Crippen molar-refractivity contribution in [1.82, 2.24) is 13.9 Å². The monoisotopic (exact) mass is 263 g/mol. The molecule has 0 spiro atoms. The first-order chi connectivity index (χ1) is 7.98. The normalized spacial score (nSPS) is 17.7. The molecule has 0 aliphatic heterocycles. The van der Waals surface area contributed by atoms with Gasteiger partial charge in [-0.3, -0.25) is 0 Å². The molecule has 1 N–H and O–H groups in total. The maximum absolute atomic E-state index is 12.1. The summed E-state index contributed by atoms with van der Waals surface area (Å²) < 4.78 is 27.2. The lowest BCUT2D eigenvalue weighted by atomic mass is 9.86. The third-order valence-corrected chi connectivity index (χ3v) is 5.33. The van der Waals surface area contributed by atoms with Crippen molar-refractivity contribution in [2.24, 2.45) is 5.92 Å². The zero-order valence-electron chi connectivity index (χ0n) is 11.1. The SMILES string of the molecule is CNCCCN(C)S(=O)(=O)N(C)CC1CCC1. The van der Waals surface area contributed by atoms with Gasteiger partial charge in [-0.05, 0) is 38.8 Å². The molecule has 0 unspecified atom stereocenters. The summed E-state index contributed by atoms with van der Waals surface area (Å²) in [7, 11) is 1.96. The van der Waals surface area contributed by atoms with E-state index in [-0.39, 0.29) is 0 Å². The fourth-order valence-corrected chi connectivity index (χ4v) is 3.20. The van der Waals surface area contributed by atoms with Crippen LogP contribution in [0.15, 0.2) is 0 Å². The molecule has 0 saturated heterocycles. The Morgan fingerprint density at radius 1 is 1.24 bits per heavy atom. The maximum Gasteiger partial charge on any atom is 0.281 e. The molecule has 0 bridgehead atoms. The van der Waals surface area contributed by atoms with E-state index in [1.165, 1.54) is 27.9 Å². The van der Waals surface area contributed by atoms with Crippen molar-refractivity contribution >= 4 is 10.2 Å². The van der Waals surface area contributed by atoms with E-state index < -0.39 is 10.2 Å². The van der Waals surface area contributed by atoms with Crippen LogP contribution in [0.5, 0.6) is 0 Å². The summed E-state index contributed by atoms with van der Waals surface area (Å²) in [6.45, 7) is 2.07. The standard InChI is InChI=1S/C11H25N3O2S/c1-12-8-5-9-13(2)17(15,16)14(3)10-11-6-4-7-11/h11-12H,4-10H2,1-3H3. The van der Waals surface area contributed by atoms with Gasteiger partial charge < -0.3 is 5.32 Å².